The normalized spacial score (nSPS) is 10.2. The Kier molecular flexibility index (Phi) is 10.4. The Hall–Kier alpha value is -2.65. The second-order valence-electron chi connectivity index (χ2n) is 5.38. The lowest BCUT2D eigenvalue weighted by Gasteiger charge is -2.08. The van der Waals surface area contributed by atoms with Gasteiger partial charge in [0.2, 0.25) is 11.8 Å². The Morgan fingerprint density at radius 3 is 2.23 bits per heavy atom. The van der Waals surface area contributed by atoms with E-state index in [4.69, 9.17) is 15.2 Å². The van der Waals surface area contributed by atoms with Crippen LogP contribution in [0.2, 0.25) is 0 Å². The average molecular weight is 366 g/mol. The maximum atomic E-state index is 11.8. The quantitative estimate of drug-likeness (QED) is 0.285. The number of nitrogens with two attached hydrogens (primary N) is 1. The lowest BCUT2D eigenvalue weighted by atomic mass is 10.2. The van der Waals surface area contributed by atoms with Crippen molar-refractivity contribution in [3.63, 3.8) is 0 Å². The fourth-order valence-corrected chi connectivity index (χ4v) is 1.85. The topological polar surface area (TPSA) is 132 Å². The number of hydrogen-bond donors (Lipinski definition) is 4. The molecule has 0 radical (unpaired) electrons. The third-order valence-corrected chi connectivity index (χ3v) is 3.13. The number of nitrogens with one attached hydrogen (secondary N) is 3. The molecule has 0 heterocycles. The van der Waals surface area contributed by atoms with Crippen molar-refractivity contribution in [2.75, 3.05) is 51.8 Å². The molecule has 9 heteroatoms. The van der Waals surface area contributed by atoms with Gasteiger partial charge < -0.3 is 31.2 Å². The maximum Gasteiger partial charge on any atom is 0.251 e. The van der Waals surface area contributed by atoms with Gasteiger partial charge in [-0.1, -0.05) is 0 Å². The smallest absolute Gasteiger partial charge is 0.251 e. The van der Waals surface area contributed by atoms with Crippen molar-refractivity contribution in [2.24, 2.45) is 0 Å². The van der Waals surface area contributed by atoms with Crippen LogP contribution in [0, 0.1) is 0 Å². The number of benzene rings is 1. The molecule has 0 atom stereocenters. The fraction of sp³-hybridized carbons (Fsp3) is 0.471. The van der Waals surface area contributed by atoms with Crippen molar-refractivity contribution in [2.45, 2.75) is 6.92 Å². The van der Waals surface area contributed by atoms with E-state index < -0.39 is 0 Å². The first-order valence-electron chi connectivity index (χ1n) is 8.29. The van der Waals surface area contributed by atoms with Crippen LogP contribution in [0.5, 0.6) is 0 Å². The van der Waals surface area contributed by atoms with E-state index in [1.165, 1.54) is 6.92 Å². The summed E-state index contributed by atoms with van der Waals surface area (Å²) in [4.78, 5) is 34.0. The van der Waals surface area contributed by atoms with E-state index in [0.29, 0.717) is 44.1 Å². The second-order valence-corrected chi connectivity index (χ2v) is 5.38. The molecule has 0 bridgehead atoms. The molecule has 0 fully saturated rings. The number of rotatable bonds is 12. The third kappa shape index (κ3) is 10.3. The fourth-order valence-electron chi connectivity index (χ4n) is 1.85. The zero-order valence-corrected chi connectivity index (χ0v) is 14.9. The first-order valence-corrected chi connectivity index (χ1v) is 8.29. The van der Waals surface area contributed by atoms with E-state index in [-0.39, 0.29) is 30.9 Å². The summed E-state index contributed by atoms with van der Waals surface area (Å²) >= 11 is 0. The summed E-state index contributed by atoms with van der Waals surface area (Å²) in [7, 11) is 0. The molecule has 3 amide bonds. The van der Waals surface area contributed by atoms with Gasteiger partial charge in [0.25, 0.3) is 5.91 Å². The predicted octanol–water partition coefficient (Wildman–Crippen LogP) is -0.716. The molecule has 0 aliphatic heterocycles. The van der Waals surface area contributed by atoms with Crippen LogP contribution in [0.3, 0.4) is 0 Å². The number of carbonyl (C=O) groups excluding carboxylic acids is 3. The first-order chi connectivity index (χ1) is 12.5. The van der Waals surface area contributed by atoms with Crippen LogP contribution in [0.15, 0.2) is 24.3 Å². The molecule has 9 nitrogen and oxygen atoms in total. The average Bonchev–Trinajstić information content (AvgIpc) is 2.61. The van der Waals surface area contributed by atoms with Crippen molar-refractivity contribution in [3.05, 3.63) is 29.8 Å². The monoisotopic (exact) mass is 366 g/mol. The summed E-state index contributed by atoms with van der Waals surface area (Å²) in [6.45, 7) is 3.41. The van der Waals surface area contributed by atoms with Gasteiger partial charge in [0.15, 0.2) is 0 Å². The highest BCUT2D eigenvalue weighted by molar-refractivity contribution is 5.94. The number of nitrogen functional groups attached to an aromatic ring is 1. The molecule has 5 N–H and O–H groups in total. The zero-order valence-electron chi connectivity index (χ0n) is 14.9. The molecule has 144 valence electrons. The standard InChI is InChI=1S/C17H26N4O5/c1-13(22)19-8-9-25-10-11-26-12-16(23)20-6-7-21-17(24)14-2-4-15(18)5-3-14/h2-5H,6-12,18H2,1H3,(H,19,22)(H,20,23)(H,21,24). The summed E-state index contributed by atoms with van der Waals surface area (Å²) in [5.41, 5.74) is 6.66. The Morgan fingerprint density at radius 2 is 1.54 bits per heavy atom. The molecule has 0 unspecified atom stereocenters. The van der Waals surface area contributed by atoms with Gasteiger partial charge in [0.05, 0.1) is 19.8 Å². The van der Waals surface area contributed by atoms with Gasteiger partial charge in [-0.2, -0.15) is 0 Å². The molecule has 1 aromatic carbocycles. The molecule has 0 aliphatic carbocycles. The highest BCUT2D eigenvalue weighted by Crippen LogP contribution is 2.04. The molecule has 1 rings (SSSR count). The number of hydrogen-bond acceptors (Lipinski definition) is 6. The van der Waals surface area contributed by atoms with Crippen LogP contribution in [0.1, 0.15) is 17.3 Å². The van der Waals surface area contributed by atoms with Crippen molar-refractivity contribution in [1.29, 1.82) is 0 Å². The second kappa shape index (κ2) is 12.7. The van der Waals surface area contributed by atoms with Gasteiger partial charge in [-0.3, -0.25) is 14.4 Å². The van der Waals surface area contributed by atoms with Crippen LogP contribution in [0.25, 0.3) is 0 Å². The molecule has 0 saturated heterocycles. The molecule has 0 aliphatic rings. The first kappa shape index (κ1) is 21.4. The molecule has 26 heavy (non-hydrogen) atoms. The van der Waals surface area contributed by atoms with Crippen molar-refractivity contribution >= 4 is 23.4 Å². The summed E-state index contributed by atoms with van der Waals surface area (Å²) in [6.07, 6.45) is 0. The Balaban J connectivity index is 1.97. The summed E-state index contributed by atoms with van der Waals surface area (Å²) in [5, 5.41) is 7.93. The largest absolute Gasteiger partial charge is 0.399 e. The molecule has 0 aromatic heterocycles. The van der Waals surface area contributed by atoms with Crippen molar-refractivity contribution in [3.8, 4) is 0 Å². The lowest BCUT2D eigenvalue weighted by molar-refractivity contribution is -0.126. The van der Waals surface area contributed by atoms with Gasteiger partial charge >= 0.3 is 0 Å². The van der Waals surface area contributed by atoms with E-state index in [0.717, 1.165) is 0 Å². The van der Waals surface area contributed by atoms with Gasteiger partial charge in [0.1, 0.15) is 6.61 Å². The molecular weight excluding hydrogens is 340 g/mol. The highest BCUT2D eigenvalue weighted by Gasteiger charge is 2.05. The minimum atomic E-state index is -0.273. The van der Waals surface area contributed by atoms with E-state index in [2.05, 4.69) is 16.0 Å². The van der Waals surface area contributed by atoms with Crippen LogP contribution in [-0.4, -0.2) is 63.8 Å². The van der Waals surface area contributed by atoms with E-state index >= 15 is 0 Å². The number of ether oxygens (including phenoxy) is 2. The van der Waals surface area contributed by atoms with Crippen molar-refractivity contribution < 1.29 is 23.9 Å². The van der Waals surface area contributed by atoms with Gasteiger partial charge in [-0.05, 0) is 24.3 Å². The van der Waals surface area contributed by atoms with Gasteiger partial charge in [-0.15, -0.1) is 0 Å². The zero-order chi connectivity index (χ0) is 19.2. The maximum absolute atomic E-state index is 11.8. The minimum absolute atomic E-state index is 0.0824. The number of amides is 3. The molecule has 1 aromatic rings. The number of anilines is 1. The Bertz CT molecular complexity index is 577. The SMILES string of the molecule is CC(=O)NCCOCCOCC(=O)NCCNC(=O)c1ccc(N)cc1. The summed E-state index contributed by atoms with van der Waals surface area (Å²) < 4.78 is 10.4. The van der Waals surface area contributed by atoms with Crippen LogP contribution < -0.4 is 21.7 Å². The Morgan fingerprint density at radius 1 is 0.885 bits per heavy atom. The van der Waals surface area contributed by atoms with E-state index in [1.807, 2.05) is 0 Å². The third-order valence-electron chi connectivity index (χ3n) is 3.13. The molecule has 0 spiro atoms. The van der Waals surface area contributed by atoms with E-state index in [9.17, 15) is 14.4 Å². The number of carbonyl (C=O) groups is 3. The van der Waals surface area contributed by atoms with Crippen LogP contribution in [0.4, 0.5) is 5.69 Å². The molecule has 0 saturated carbocycles. The summed E-state index contributed by atoms with van der Waals surface area (Å²) in [6, 6.07) is 6.57. The molecular formula is C17H26N4O5. The van der Waals surface area contributed by atoms with Crippen LogP contribution >= 0.6 is 0 Å². The highest BCUT2D eigenvalue weighted by atomic mass is 16.5. The Labute approximate surface area is 152 Å². The van der Waals surface area contributed by atoms with Crippen LogP contribution in [-0.2, 0) is 19.1 Å². The van der Waals surface area contributed by atoms with Gasteiger partial charge in [0, 0.05) is 37.8 Å². The van der Waals surface area contributed by atoms with Crippen molar-refractivity contribution in [1.82, 2.24) is 16.0 Å². The predicted molar refractivity (Wildman–Crippen MR) is 96.5 cm³/mol. The minimum Gasteiger partial charge on any atom is -0.399 e. The van der Waals surface area contributed by atoms with Gasteiger partial charge in [-0.25, -0.2) is 0 Å². The lowest BCUT2D eigenvalue weighted by Crippen LogP contribution is -2.36. The summed E-state index contributed by atoms with van der Waals surface area (Å²) in [5.74, 6) is -0.608. The van der Waals surface area contributed by atoms with E-state index in [1.54, 1.807) is 24.3 Å².